The van der Waals surface area contributed by atoms with Gasteiger partial charge in [0, 0.05) is 27.5 Å². The number of aromatic nitrogens is 2. The van der Waals surface area contributed by atoms with E-state index >= 15 is 0 Å². The van der Waals surface area contributed by atoms with E-state index in [1.54, 1.807) is 0 Å². The van der Waals surface area contributed by atoms with Crippen molar-refractivity contribution >= 4 is 21.9 Å². The molecule has 9 aromatic carbocycles. The van der Waals surface area contributed by atoms with Crippen LogP contribution in [0, 0.1) is 0 Å². The molecule has 62 heavy (non-hydrogen) atoms. The number of nitrogens with zero attached hydrogens (tertiary/aromatic N) is 2. The van der Waals surface area contributed by atoms with Gasteiger partial charge in [-0.2, -0.15) is 0 Å². The van der Waals surface area contributed by atoms with Crippen LogP contribution in [0.2, 0.25) is 0 Å². The zero-order chi connectivity index (χ0) is 40.8. The lowest BCUT2D eigenvalue weighted by molar-refractivity contribution is 0.669. The smallest absolute Gasteiger partial charge is 0.160 e. The lowest BCUT2D eigenvalue weighted by Crippen LogP contribution is -2.29. The van der Waals surface area contributed by atoms with Crippen molar-refractivity contribution in [1.29, 1.82) is 0 Å². The predicted octanol–water partition coefficient (Wildman–Crippen LogP) is 15.1. The molecule has 2 aromatic heterocycles. The first-order valence-electron chi connectivity index (χ1n) is 21.2. The van der Waals surface area contributed by atoms with Crippen molar-refractivity contribution in [2.75, 3.05) is 0 Å². The van der Waals surface area contributed by atoms with E-state index in [0.717, 1.165) is 55.6 Å². The molecule has 0 atom stereocenters. The molecule has 2 aliphatic rings. The molecule has 0 radical (unpaired) electrons. The summed E-state index contributed by atoms with van der Waals surface area (Å²) in [5.74, 6) is 0.671. The molecule has 2 aliphatic carbocycles. The van der Waals surface area contributed by atoms with Crippen LogP contribution in [0.5, 0.6) is 0 Å². The second-order valence-electron chi connectivity index (χ2n) is 16.4. The zero-order valence-electron chi connectivity index (χ0n) is 33.6. The van der Waals surface area contributed by atoms with Gasteiger partial charge >= 0.3 is 0 Å². The number of para-hydroxylation sites is 1. The molecule has 0 saturated carbocycles. The molecule has 0 fully saturated rings. The minimum atomic E-state index is -0.553. The highest BCUT2D eigenvalue weighted by molar-refractivity contribution is 6.12. The number of fused-ring (bicyclic) bond motifs is 15. The third-order valence-corrected chi connectivity index (χ3v) is 13.2. The molecule has 0 saturated heterocycles. The van der Waals surface area contributed by atoms with E-state index in [1.807, 2.05) is 18.2 Å². The summed E-state index contributed by atoms with van der Waals surface area (Å²) in [7, 11) is 0. The molecule has 3 heteroatoms. The Morgan fingerprint density at radius 3 is 1.48 bits per heavy atom. The van der Waals surface area contributed by atoms with Gasteiger partial charge in [-0.05, 0) is 91.0 Å². The third kappa shape index (κ3) is 5.00. The molecule has 2 heterocycles. The van der Waals surface area contributed by atoms with Crippen molar-refractivity contribution < 1.29 is 4.42 Å². The summed E-state index contributed by atoms with van der Waals surface area (Å²) in [6.07, 6.45) is 0. The molecule has 11 aromatic rings. The van der Waals surface area contributed by atoms with Crippen molar-refractivity contribution in [1.82, 2.24) is 9.97 Å². The molecule has 288 valence electrons. The fourth-order valence-corrected chi connectivity index (χ4v) is 10.5. The highest BCUT2D eigenvalue weighted by Crippen LogP contribution is 2.61. The summed E-state index contributed by atoms with van der Waals surface area (Å²) < 4.78 is 6.37. The van der Waals surface area contributed by atoms with Gasteiger partial charge in [0.2, 0.25) is 0 Å². The van der Waals surface area contributed by atoms with Crippen LogP contribution in [0.25, 0.3) is 100 Å². The van der Waals surface area contributed by atoms with Gasteiger partial charge in [-0.3, -0.25) is 0 Å². The quantitative estimate of drug-likeness (QED) is 0.178. The largest absolute Gasteiger partial charge is 0.456 e. The molecule has 0 aliphatic heterocycles. The van der Waals surface area contributed by atoms with Crippen molar-refractivity contribution in [3.8, 4) is 78.4 Å². The third-order valence-electron chi connectivity index (χ3n) is 13.2. The van der Waals surface area contributed by atoms with E-state index in [1.165, 1.54) is 61.2 Å². The van der Waals surface area contributed by atoms with Gasteiger partial charge in [0.05, 0.1) is 16.8 Å². The molecular weight excluding hydrogens is 753 g/mol. The summed E-state index contributed by atoms with van der Waals surface area (Å²) in [5.41, 5.74) is 20.7. The lowest BCUT2D eigenvalue weighted by atomic mass is 9.66. The highest BCUT2D eigenvalue weighted by atomic mass is 16.3. The average Bonchev–Trinajstić information content (AvgIpc) is 3.84. The van der Waals surface area contributed by atoms with Crippen molar-refractivity contribution in [3.05, 3.63) is 241 Å². The van der Waals surface area contributed by atoms with Crippen molar-refractivity contribution in [2.24, 2.45) is 0 Å². The van der Waals surface area contributed by atoms with E-state index in [2.05, 4.69) is 200 Å². The summed E-state index contributed by atoms with van der Waals surface area (Å²) >= 11 is 0. The van der Waals surface area contributed by atoms with Crippen LogP contribution in [0.4, 0.5) is 0 Å². The van der Waals surface area contributed by atoms with Crippen molar-refractivity contribution in [2.45, 2.75) is 5.41 Å². The van der Waals surface area contributed by atoms with Crippen LogP contribution >= 0.6 is 0 Å². The van der Waals surface area contributed by atoms with E-state index in [9.17, 15) is 0 Å². The second kappa shape index (κ2) is 13.4. The minimum absolute atomic E-state index is 0.553. The van der Waals surface area contributed by atoms with E-state index in [-0.39, 0.29) is 0 Å². The van der Waals surface area contributed by atoms with Gasteiger partial charge in [-0.15, -0.1) is 0 Å². The number of benzene rings is 9. The maximum absolute atomic E-state index is 6.37. The van der Waals surface area contributed by atoms with Gasteiger partial charge in [-0.25, -0.2) is 9.97 Å². The molecule has 0 bridgehead atoms. The standard InChI is InChI=1S/C59H36N2O/c1-2-15-37(16-3-1)38-29-31-39(32-30-38)53-36-54(46-23-14-28-56-57(46)47-22-9-13-27-55(47)62-56)61-58(60-53)40-33-34-52-48(35-40)45-21-8-12-26-51(45)59(52)49-24-10-6-19-43(49)41-17-4-5-18-42(41)44-20-7-11-25-50(44)59/h1-36H. The Labute approximate surface area is 359 Å². The maximum Gasteiger partial charge on any atom is 0.160 e. The molecule has 1 spiro atoms. The molecule has 0 amide bonds. The van der Waals surface area contributed by atoms with Crippen LogP contribution < -0.4 is 0 Å². The zero-order valence-corrected chi connectivity index (χ0v) is 33.6. The Hall–Kier alpha value is -8.14. The second-order valence-corrected chi connectivity index (χ2v) is 16.4. The number of rotatable bonds is 4. The van der Waals surface area contributed by atoms with Crippen LogP contribution in [-0.4, -0.2) is 9.97 Å². The fourth-order valence-electron chi connectivity index (χ4n) is 10.5. The van der Waals surface area contributed by atoms with E-state index < -0.39 is 5.41 Å². The maximum atomic E-state index is 6.37. The van der Waals surface area contributed by atoms with Gasteiger partial charge in [0.1, 0.15) is 11.2 Å². The summed E-state index contributed by atoms with van der Waals surface area (Å²) in [6.45, 7) is 0. The molecule has 0 N–H and O–H groups in total. The van der Waals surface area contributed by atoms with Gasteiger partial charge in [0.25, 0.3) is 0 Å². The minimum Gasteiger partial charge on any atom is -0.456 e. The van der Waals surface area contributed by atoms with Gasteiger partial charge in [0.15, 0.2) is 5.82 Å². The van der Waals surface area contributed by atoms with Crippen LogP contribution in [0.1, 0.15) is 22.3 Å². The van der Waals surface area contributed by atoms with Crippen LogP contribution in [0.15, 0.2) is 223 Å². The Morgan fingerprint density at radius 1 is 0.306 bits per heavy atom. The summed E-state index contributed by atoms with van der Waals surface area (Å²) in [5, 5.41) is 2.12. The Morgan fingerprint density at radius 2 is 0.790 bits per heavy atom. The Kier molecular flexibility index (Phi) is 7.52. The topological polar surface area (TPSA) is 38.9 Å². The predicted molar refractivity (Wildman–Crippen MR) is 253 cm³/mol. The van der Waals surface area contributed by atoms with Crippen LogP contribution in [-0.2, 0) is 5.41 Å². The number of hydrogen-bond acceptors (Lipinski definition) is 3. The molecular formula is C59H36N2O. The normalized spacial score (nSPS) is 13.0. The van der Waals surface area contributed by atoms with Gasteiger partial charge < -0.3 is 4.42 Å². The highest BCUT2D eigenvalue weighted by Gasteiger charge is 2.49. The monoisotopic (exact) mass is 788 g/mol. The van der Waals surface area contributed by atoms with Crippen molar-refractivity contribution in [3.63, 3.8) is 0 Å². The molecule has 3 nitrogen and oxygen atoms in total. The summed E-state index contributed by atoms with van der Waals surface area (Å²) in [4.78, 5) is 10.8. The number of hydrogen-bond donors (Lipinski definition) is 0. The SMILES string of the molecule is c1ccc(-c2ccc(-c3cc(-c4cccc5oc6ccccc6c45)nc(-c4ccc5c(c4)-c4ccccc4C54c5ccccc5-c5ccccc5-c5ccccc54)n3)cc2)cc1. The molecule has 0 unspecified atom stereocenters. The average molecular weight is 789 g/mol. The first-order valence-corrected chi connectivity index (χ1v) is 21.2. The fraction of sp³-hybridized carbons (Fsp3) is 0.0169. The number of furan rings is 1. The Balaban J connectivity index is 1.05. The first kappa shape index (κ1) is 34.7. The summed E-state index contributed by atoms with van der Waals surface area (Å²) in [6, 6.07) is 78.7. The lowest BCUT2D eigenvalue weighted by Gasteiger charge is -2.35. The van der Waals surface area contributed by atoms with Crippen LogP contribution in [0.3, 0.4) is 0 Å². The van der Waals surface area contributed by atoms with E-state index in [0.29, 0.717) is 5.82 Å². The van der Waals surface area contributed by atoms with E-state index in [4.69, 9.17) is 14.4 Å². The Bertz CT molecular complexity index is 3510. The first-order chi connectivity index (χ1) is 30.7. The van der Waals surface area contributed by atoms with Gasteiger partial charge in [-0.1, -0.05) is 194 Å². The molecule has 13 rings (SSSR count).